The van der Waals surface area contributed by atoms with E-state index in [9.17, 15) is 0 Å². The molecule has 22 heavy (non-hydrogen) atoms. The summed E-state index contributed by atoms with van der Waals surface area (Å²) in [5, 5.41) is 0.440. The number of hydrogen-bond donors (Lipinski definition) is 0. The lowest BCUT2D eigenvalue weighted by Crippen LogP contribution is -2.37. The minimum atomic E-state index is 0.340. The van der Waals surface area contributed by atoms with Gasteiger partial charge in [0, 0.05) is 19.2 Å². The molecule has 0 aliphatic carbocycles. The third-order valence-electron chi connectivity index (χ3n) is 3.41. The van der Waals surface area contributed by atoms with Crippen LogP contribution in [0.1, 0.15) is 11.4 Å². The highest BCUT2D eigenvalue weighted by atomic mass is 35.5. The maximum atomic E-state index is 6.10. The lowest BCUT2D eigenvalue weighted by atomic mass is 10.2. The van der Waals surface area contributed by atoms with Gasteiger partial charge >= 0.3 is 0 Å². The molecule has 0 N–H and O–H groups in total. The molecule has 6 heteroatoms. The van der Waals surface area contributed by atoms with Crippen molar-refractivity contribution in [3.8, 4) is 0 Å². The van der Waals surface area contributed by atoms with Crippen LogP contribution in [0.2, 0.25) is 5.15 Å². The molecule has 1 fully saturated rings. The zero-order valence-corrected chi connectivity index (χ0v) is 13.0. The van der Waals surface area contributed by atoms with Gasteiger partial charge in [-0.1, -0.05) is 41.9 Å². The summed E-state index contributed by atoms with van der Waals surface area (Å²) in [6, 6.07) is 11.8. The van der Waals surface area contributed by atoms with Crippen molar-refractivity contribution in [1.82, 2.24) is 9.97 Å². The Hall–Kier alpha value is -1.69. The Bertz CT molecular complexity index is 604. The highest BCUT2D eigenvalue weighted by molar-refractivity contribution is 6.29. The number of rotatable bonds is 5. The lowest BCUT2D eigenvalue weighted by molar-refractivity contribution is 0.101. The van der Waals surface area contributed by atoms with Gasteiger partial charge in [-0.05, 0) is 5.56 Å². The van der Waals surface area contributed by atoms with Crippen LogP contribution in [0.25, 0.3) is 0 Å². The van der Waals surface area contributed by atoms with Crippen LogP contribution in [-0.2, 0) is 22.7 Å². The maximum Gasteiger partial charge on any atom is 0.158 e. The molecule has 0 radical (unpaired) electrons. The van der Waals surface area contributed by atoms with Crippen molar-refractivity contribution in [3.05, 3.63) is 52.9 Å². The standard InChI is InChI=1S/C16H18ClN3O2/c17-14-10-16(20-6-8-21-9-7-20)19-15(18-14)12-22-11-13-4-2-1-3-5-13/h1-5,10H,6-9,11-12H2. The molecular weight excluding hydrogens is 302 g/mol. The fraction of sp³-hybridized carbons (Fsp3) is 0.375. The molecule has 116 valence electrons. The third kappa shape index (κ3) is 4.16. The van der Waals surface area contributed by atoms with Crippen molar-refractivity contribution in [2.24, 2.45) is 0 Å². The van der Waals surface area contributed by atoms with Crippen LogP contribution in [0.3, 0.4) is 0 Å². The van der Waals surface area contributed by atoms with Crippen molar-refractivity contribution in [2.75, 3.05) is 31.2 Å². The van der Waals surface area contributed by atoms with Crippen molar-refractivity contribution >= 4 is 17.4 Å². The van der Waals surface area contributed by atoms with Gasteiger partial charge in [0.2, 0.25) is 0 Å². The third-order valence-corrected chi connectivity index (χ3v) is 3.60. The van der Waals surface area contributed by atoms with Crippen LogP contribution >= 0.6 is 11.6 Å². The van der Waals surface area contributed by atoms with Gasteiger partial charge in [0.05, 0.1) is 19.8 Å². The molecule has 5 nitrogen and oxygen atoms in total. The van der Waals surface area contributed by atoms with E-state index in [1.807, 2.05) is 30.3 Å². The average Bonchev–Trinajstić information content (AvgIpc) is 2.56. The van der Waals surface area contributed by atoms with E-state index >= 15 is 0 Å². The predicted octanol–water partition coefficient (Wildman–Crippen LogP) is 2.68. The maximum absolute atomic E-state index is 6.10. The molecule has 0 amide bonds. The summed E-state index contributed by atoms with van der Waals surface area (Å²) < 4.78 is 11.0. The Morgan fingerprint density at radius 3 is 2.64 bits per heavy atom. The summed E-state index contributed by atoms with van der Waals surface area (Å²) in [5.74, 6) is 1.44. The van der Waals surface area contributed by atoms with Crippen LogP contribution in [0.5, 0.6) is 0 Å². The van der Waals surface area contributed by atoms with Gasteiger partial charge < -0.3 is 14.4 Å². The van der Waals surface area contributed by atoms with Crippen LogP contribution < -0.4 is 4.90 Å². The van der Waals surface area contributed by atoms with Gasteiger partial charge in [-0.15, -0.1) is 0 Å². The molecule has 3 rings (SSSR count). The highest BCUT2D eigenvalue weighted by Gasteiger charge is 2.14. The van der Waals surface area contributed by atoms with E-state index in [1.165, 1.54) is 0 Å². The number of anilines is 1. The molecule has 1 aliphatic heterocycles. The quantitative estimate of drug-likeness (QED) is 0.793. The largest absolute Gasteiger partial charge is 0.378 e. The Morgan fingerprint density at radius 1 is 1.09 bits per heavy atom. The van der Waals surface area contributed by atoms with Crippen LogP contribution in [0.15, 0.2) is 36.4 Å². The summed E-state index contributed by atoms with van der Waals surface area (Å²) in [5.41, 5.74) is 1.12. The molecule has 0 saturated carbocycles. The van der Waals surface area contributed by atoms with Gasteiger partial charge in [-0.2, -0.15) is 0 Å². The molecule has 2 heterocycles. The van der Waals surface area contributed by atoms with Crippen molar-refractivity contribution in [1.29, 1.82) is 0 Å². The highest BCUT2D eigenvalue weighted by Crippen LogP contribution is 2.18. The summed E-state index contributed by atoms with van der Waals surface area (Å²) in [7, 11) is 0. The van der Waals surface area contributed by atoms with E-state index in [1.54, 1.807) is 6.07 Å². The van der Waals surface area contributed by atoms with E-state index in [4.69, 9.17) is 21.1 Å². The van der Waals surface area contributed by atoms with Crippen LogP contribution in [-0.4, -0.2) is 36.3 Å². The minimum Gasteiger partial charge on any atom is -0.378 e. The smallest absolute Gasteiger partial charge is 0.158 e. The number of hydrogen-bond acceptors (Lipinski definition) is 5. The first kappa shape index (κ1) is 15.2. The molecular formula is C16H18ClN3O2. The number of nitrogens with zero attached hydrogens (tertiary/aromatic N) is 3. The molecule has 0 unspecified atom stereocenters. The number of aromatic nitrogens is 2. The number of benzene rings is 1. The molecule has 0 atom stereocenters. The minimum absolute atomic E-state index is 0.340. The zero-order valence-electron chi connectivity index (χ0n) is 12.2. The van der Waals surface area contributed by atoms with E-state index in [2.05, 4.69) is 14.9 Å². The van der Waals surface area contributed by atoms with E-state index in [0.717, 1.165) is 24.5 Å². The monoisotopic (exact) mass is 319 g/mol. The zero-order chi connectivity index (χ0) is 15.2. The first-order chi connectivity index (χ1) is 10.8. The summed E-state index contributed by atoms with van der Waals surface area (Å²) >= 11 is 6.10. The second-order valence-corrected chi connectivity index (χ2v) is 5.43. The van der Waals surface area contributed by atoms with E-state index in [0.29, 0.717) is 37.4 Å². The number of halogens is 1. The van der Waals surface area contributed by atoms with Crippen molar-refractivity contribution < 1.29 is 9.47 Å². The van der Waals surface area contributed by atoms with Crippen molar-refractivity contribution in [2.45, 2.75) is 13.2 Å². The molecule has 1 saturated heterocycles. The van der Waals surface area contributed by atoms with Gasteiger partial charge in [-0.25, -0.2) is 9.97 Å². The normalized spacial score (nSPS) is 15.0. The van der Waals surface area contributed by atoms with Crippen molar-refractivity contribution in [3.63, 3.8) is 0 Å². The second-order valence-electron chi connectivity index (χ2n) is 5.04. The van der Waals surface area contributed by atoms with Gasteiger partial charge in [-0.3, -0.25) is 0 Å². The SMILES string of the molecule is Clc1cc(N2CCOCC2)nc(COCc2ccccc2)n1. The Labute approximate surface area is 134 Å². The summed E-state index contributed by atoms with van der Waals surface area (Å²) in [6.07, 6.45) is 0. The molecule has 2 aromatic rings. The van der Waals surface area contributed by atoms with Gasteiger partial charge in [0.1, 0.15) is 17.6 Å². The Morgan fingerprint density at radius 2 is 1.86 bits per heavy atom. The Balaban J connectivity index is 1.62. The predicted molar refractivity (Wildman–Crippen MR) is 85.0 cm³/mol. The number of ether oxygens (including phenoxy) is 2. The summed E-state index contributed by atoms with van der Waals surface area (Å²) in [4.78, 5) is 10.9. The fourth-order valence-corrected chi connectivity index (χ4v) is 2.50. The van der Waals surface area contributed by atoms with Crippen LogP contribution in [0, 0.1) is 0 Å². The fourth-order valence-electron chi connectivity index (χ4n) is 2.31. The van der Waals surface area contributed by atoms with E-state index in [-0.39, 0.29) is 0 Å². The first-order valence-corrected chi connectivity index (χ1v) is 7.67. The van der Waals surface area contributed by atoms with Gasteiger partial charge in [0.25, 0.3) is 0 Å². The molecule has 1 aliphatic rings. The lowest BCUT2D eigenvalue weighted by Gasteiger charge is -2.28. The summed E-state index contributed by atoms with van der Waals surface area (Å²) in [6.45, 7) is 3.93. The molecule has 0 bridgehead atoms. The van der Waals surface area contributed by atoms with Crippen LogP contribution in [0.4, 0.5) is 5.82 Å². The molecule has 1 aromatic carbocycles. The molecule has 1 aromatic heterocycles. The second kappa shape index (κ2) is 7.54. The average molecular weight is 320 g/mol. The molecule has 0 spiro atoms. The van der Waals surface area contributed by atoms with E-state index < -0.39 is 0 Å². The topological polar surface area (TPSA) is 47.5 Å². The number of morpholine rings is 1. The van der Waals surface area contributed by atoms with Gasteiger partial charge in [0.15, 0.2) is 5.82 Å². The first-order valence-electron chi connectivity index (χ1n) is 7.29. The Kier molecular flexibility index (Phi) is 5.21.